The molecule has 1 amide bonds. The number of amides is 1. The fourth-order valence-electron chi connectivity index (χ4n) is 1.24. The lowest BCUT2D eigenvalue weighted by molar-refractivity contribution is -0.116. The van der Waals surface area contributed by atoms with Crippen LogP contribution in [0, 0.1) is 5.82 Å². The largest absolute Gasteiger partial charge is 0.389 e. The van der Waals surface area contributed by atoms with Crippen molar-refractivity contribution in [2.24, 2.45) is 5.73 Å². The predicted octanol–water partition coefficient (Wildman–Crippen LogP) is 2.20. The Kier molecular flexibility index (Phi) is 4.37. The third-order valence-electron chi connectivity index (χ3n) is 1.99. The molecule has 1 aromatic carbocycles. The number of carbonyl (C=O) groups is 1. The molecule has 0 bridgehead atoms. The van der Waals surface area contributed by atoms with Gasteiger partial charge < -0.3 is 11.1 Å². The van der Waals surface area contributed by atoms with Crippen molar-refractivity contribution in [2.45, 2.75) is 19.8 Å². The number of hydrogen-bond acceptors (Lipinski definition) is 2. The number of carbonyl (C=O) groups excluding carboxylic acids is 1. The fourth-order valence-corrected chi connectivity index (χ4v) is 1.40. The van der Waals surface area contributed by atoms with E-state index in [4.69, 9.17) is 18.0 Å². The van der Waals surface area contributed by atoms with E-state index in [2.05, 4.69) is 5.32 Å². The van der Waals surface area contributed by atoms with Gasteiger partial charge in [0, 0.05) is 17.7 Å². The third kappa shape index (κ3) is 3.27. The molecule has 0 aliphatic rings. The van der Waals surface area contributed by atoms with Gasteiger partial charge in [-0.2, -0.15) is 0 Å². The molecule has 0 aliphatic carbocycles. The number of hydrogen-bond donors (Lipinski definition) is 2. The molecule has 0 saturated carbocycles. The molecule has 86 valence electrons. The summed E-state index contributed by atoms with van der Waals surface area (Å²) in [6, 6.07) is 4.14. The molecule has 0 fully saturated rings. The standard InChI is InChI=1S/C11H13FN2OS/c1-2-3-10(15)14-7-4-5-9(12)8(6-7)11(13)16/h4-6H,2-3H2,1H3,(H2,13,16)(H,14,15). The Balaban J connectivity index is 2.87. The van der Waals surface area contributed by atoms with Gasteiger partial charge in [-0.05, 0) is 24.6 Å². The lowest BCUT2D eigenvalue weighted by Gasteiger charge is -2.07. The van der Waals surface area contributed by atoms with Crippen molar-refractivity contribution >= 4 is 28.8 Å². The van der Waals surface area contributed by atoms with E-state index >= 15 is 0 Å². The molecular formula is C11H13FN2OS. The maximum absolute atomic E-state index is 13.2. The number of nitrogens with two attached hydrogens (primary N) is 1. The summed E-state index contributed by atoms with van der Waals surface area (Å²) in [6.45, 7) is 1.91. The Bertz CT molecular complexity index is 420. The first kappa shape index (κ1) is 12.6. The third-order valence-corrected chi connectivity index (χ3v) is 2.21. The van der Waals surface area contributed by atoms with Gasteiger partial charge in [0.25, 0.3) is 0 Å². The number of thiocarbonyl (C=S) groups is 1. The average molecular weight is 240 g/mol. The molecule has 0 spiro atoms. The molecule has 0 saturated heterocycles. The molecule has 0 heterocycles. The van der Waals surface area contributed by atoms with Crippen LogP contribution in [-0.4, -0.2) is 10.9 Å². The summed E-state index contributed by atoms with van der Waals surface area (Å²) < 4.78 is 13.2. The summed E-state index contributed by atoms with van der Waals surface area (Å²) in [5, 5.41) is 2.64. The van der Waals surface area contributed by atoms with E-state index in [0.29, 0.717) is 12.1 Å². The van der Waals surface area contributed by atoms with Gasteiger partial charge in [0.1, 0.15) is 10.8 Å². The molecule has 5 heteroatoms. The van der Waals surface area contributed by atoms with Crippen LogP contribution in [0.25, 0.3) is 0 Å². The van der Waals surface area contributed by atoms with E-state index in [1.807, 2.05) is 6.92 Å². The quantitative estimate of drug-likeness (QED) is 0.793. The van der Waals surface area contributed by atoms with Crippen LogP contribution in [-0.2, 0) is 4.79 Å². The zero-order valence-electron chi connectivity index (χ0n) is 8.92. The Morgan fingerprint density at radius 1 is 1.56 bits per heavy atom. The van der Waals surface area contributed by atoms with Crippen LogP contribution in [0.5, 0.6) is 0 Å². The van der Waals surface area contributed by atoms with Crippen LogP contribution in [0.2, 0.25) is 0 Å². The molecular weight excluding hydrogens is 227 g/mol. The summed E-state index contributed by atoms with van der Waals surface area (Å²) in [6.07, 6.45) is 1.19. The molecule has 0 radical (unpaired) electrons. The second-order valence-corrected chi connectivity index (χ2v) is 3.80. The van der Waals surface area contributed by atoms with E-state index in [1.54, 1.807) is 0 Å². The number of nitrogens with one attached hydrogen (secondary N) is 1. The van der Waals surface area contributed by atoms with Crippen molar-refractivity contribution in [1.82, 2.24) is 0 Å². The zero-order chi connectivity index (χ0) is 12.1. The molecule has 16 heavy (non-hydrogen) atoms. The van der Waals surface area contributed by atoms with Crippen LogP contribution in [0.4, 0.5) is 10.1 Å². The zero-order valence-corrected chi connectivity index (χ0v) is 9.73. The molecule has 3 N–H and O–H groups in total. The minimum Gasteiger partial charge on any atom is -0.389 e. The fraction of sp³-hybridized carbons (Fsp3) is 0.273. The minimum atomic E-state index is -0.485. The Morgan fingerprint density at radius 3 is 2.81 bits per heavy atom. The Morgan fingerprint density at radius 2 is 2.25 bits per heavy atom. The van der Waals surface area contributed by atoms with Crippen molar-refractivity contribution < 1.29 is 9.18 Å². The predicted molar refractivity (Wildman–Crippen MR) is 65.8 cm³/mol. The summed E-state index contributed by atoms with van der Waals surface area (Å²) in [5.41, 5.74) is 6.00. The van der Waals surface area contributed by atoms with Gasteiger partial charge in [-0.25, -0.2) is 4.39 Å². The number of benzene rings is 1. The Hall–Kier alpha value is -1.49. The highest BCUT2D eigenvalue weighted by Crippen LogP contribution is 2.15. The molecule has 1 rings (SSSR count). The first-order valence-electron chi connectivity index (χ1n) is 4.93. The summed E-state index contributed by atoms with van der Waals surface area (Å²) >= 11 is 4.70. The van der Waals surface area contributed by atoms with E-state index in [-0.39, 0.29) is 16.5 Å². The van der Waals surface area contributed by atoms with E-state index in [1.165, 1.54) is 18.2 Å². The smallest absolute Gasteiger partial charge is 0.224 e. The second-order valence-electron chi connectivity index (χ2n) is 3.36. The monoisotopic (exact) mass is 240 g/mol. The van der Waals surface area contributed by atoms with Crippen molar-refractivity contribution in [3.05, 3.63) is 29.6 Å². The normalized spacial score (nSPS) is 9.88. The van der Waals surface area contributed by atoms with Crippen LogP contribution >= 0.6 is 12.2 Å². The second kappa shape index (κ2) is 5.55. The van der Waals surface area contributed by atoms with Gasteiger partial charge in [0.15, 0.2) is 0 Å². The first-order chi connectivity index (χ1) is 7.54. The van der Waals surface area contributed by atoms with Crippen LogP contribution in [0.3, 0.4) is 0 Å². The SMILES string of the molecule is CCCC(=O)Nc1ccc(F)c(C(N)=S)c1. The highest BCUT2D eigenvalue weighted by atomic mass is 32.1. The van der Waals surface area contributed by atoms with Crippen molar-refractivity contribution in [3.8, 4) is 0 Å². The highest BCUT2D eigenvalue weighted by molar-refractivity contribution is 7.80. The lowest BCUT2D eigenvalue weighted by Crippen LogP contribution is -2.14. The topological polar surface area (TPSA) is 55.1 Å². The summed E-state index contributed by atoms with van der Waals surface area (Å²) in [4.78, 5) is 11.3. The molecule has 0 aromatic heterocycles. The van der Waals surface area contributed by atoms with Crippen molar-refractivity contribution in [3.63, 3.8) is 0 Å². The maximum atomic E-state index is 13.2. The number of anilines is 1. The van der Waals surface area contributed by atoms with Crippen LogP contribution in [0.1, 0.15) is 25.3 Å². The van der Waals surface area contributed by atoms with Gasteiger partial charge in [-0.1, -0.05) is 19.1 Å². The summed E-state index contributed by atoms with van der Waals surface area (Å²) in [5.74, 6) is -0.594. The van der Waals surface area contributed by atoms with E-state index < -0.39 is 5.82 Å². The molecule has 1 aromatic rings. The van der Waals surface area contributed by atoms with Gasteiger partial charge in [-0.3, -0.25) is 4.79 Å². The average Bonchev–Trinajstić information content (AvgIpc) is 2.21. The van der Waals surface area contributed by atoms with Gasteiger partial charge in [-0.15, -0.1) is 0 Å². The van der Waals surface area contributed by atoms with E-state index in [9.17, 15) is 9.18 Å². The number of halogens is 1. The summed E-state index contributed by atoms with van der Waals surface area (Å²) in [7, 11) is 0. The maximum Gasteiger partial charge on any atom is 0.224 e. The molecule has 0 unspecified atom stereocenters. The minimum absolute atomic E-state index is 0.0240. The van der Waals surface area contributed by atoms with Crippen LogP contribution < -0.4 is 11.1 Å². The lowest BCUT2D eigenvalue weighted by atomic mass is 10.2. The molecule has 0 atom stereocenters. The Labute approximate surface area is 98.8 Å². The number of rotatable bonds is 4. The van der Waals surface area contributed by atoms with Crippen molar-refractivity contribution in [2.75, 3.05) is 5.32 Å². The first-order valence-corrected chi connectivity index (χ1v) is 5.34. The van der Waals surface area contributed by atoms with Crippen LogP contribution in [0.15, 0.2) is 18.2 Å². The van der Waals surface area contributed by atoms with Gasteiger partial charge in [0.05, 0.1) is 0 Å². The van der Waals surface area contributed by atoms with Crippen molar-refractivity contribution in [1.29, 1.82) is 0 Å². The van der Waals surface area contributed by atoms with Gasteiger partial charge in [0.2, 0.25) is 5.91 Å². The highest BCUT2D eigenvalue weighted by Gasteiger charge is 2.07. The molecule has 0 aliphatic heterocycles. The van der Waals surface area contributed by atoms with E-state index in [0.717, 1.165) is 6.42 Å². The van der Waals surface area contributed by atoms with Gasteiger partial charge >= 0.3 is 0 Å². The molecule has 3 nitrogen and oxygen atoms in total.